The number of hydrazine groups is 1. The van der Waals surface area contributed by atoms with Gasteiger partial charge in [-0.15, -0.1) is 0 Å². The zero-order chi connectivity index (χ0) is 12.4. The first-order valence-corrected chi connectivity index (χ1v) is 5.38. The van der Waals surface area contributed by atoms with Crippen LogP contribution in [0.5, 0.6) is 0 Å². The number of hydrogen-bond donors (Lipinski definition) is 3. The first-order valence-electron chi connectivity index (χ1n) is 5.38. The van der Waals surface area contributed by atoms with E-state index in [2.05, 4.69) is 5.43 Å². The number of fused-ring (bicyclic) bond motifs is 1. The van der Waals surface area contributed by atoms with Crippen molar-refractivity contribution in [1.29, 1.82) is 0 Å². The van der Waals surface area contributed by atoms with Crippen molar-refractivity contribution < 1.29 is 4.79 Å². The summed E-state index contributed by atoms with van der Waals surface area (Å²) in [6.07, 6.45) is 4.20. The van der Waals surface area contributed by atoms with Gasteiger partial charge < -0.3 is 5.73 Å². The van der Waals surface area contributed by atoms with Gasteiger partial charge in [0.15, 0.2) is 0 Å². The quantitative estimate of drug-likeness (QED) is 0.222. The molecule has 0 unspecified atom stereocenters. The third kappa shape index (κ3) is 2.37. The number of nitrogen functional groups attached to an aromatic ring is 1. The molecule has 4 nitrogen and oxygen atoms in total. The number of nitrogens with one attached hydrogen (secondary N) is 1. The first-order chi connectivity index (χ1) is 8.10. The van der Waals surface area contributed by atoms with Crippen LogP contribution >= 0.6 is 0 Å². The van der Waals surface area contributed by atoms with E-state index in [-0.39, 0.29) is 5.91 Å². The number of allylic oxidation sites excluding steroid dienone is 3. The molecule has 1 aromatic rings. The molecule has 1 aliphatic rings. The Labute approximate surface area is 100.0 Å². The molecule has 0 fully saturated rings. The number of nitrogens with two attached hydrogens (primary N) is 2. The van der Waals surface area contributed by atoms with Crippen LogP contribution in [-0.4, -0.2) is 5.91 Å². The Morgan fingerprint density at radius 3 is 2.94 bits per heavy atom. The van der Waals surface area contributed by atoms with Gasteiger partial charge >= 0.3 is 0 Å². The van der Waals surface area contributed by atoms with Gasteiger partial charge in [-0.3, -0.25) is 10.2 Å². The van der Waals surface area contributed by atoms with Crippen LogP contribution in [0, 0.1) is 0 Å². The maximum absolute atomic E-state index is 11.2. The van der Waals surface area contributed by atoms with Crippen molar-refractivity contribution in [3.8, 4) is 0 Å². The van der Waals surface area contributed by atoms with E-state index < -0.39 is 0 Å². The van der Waals surface area contributed by atoms with Crippen molar-refractivity contribution in [3.63, 3.8) is 0 Å². The summed E-state index contributed by atoms with van der Waals surface area (Å²) in [5.41, 5.74) is 13.0. The largest absolute Gasteiger partial charge is 0.399 e. The predicted octanol–water partition coefficient (Wildman–Crippen LogP) is 1.14. The Bertz CT molecular complexity index is 529. The van der Waals surface area contributed by atoms with E-state index in [0.29, 0.717) is 6.42 Å². The molecule has 5 N–H and O–H groups in total. The highest BCUT2D eigenvalue weighted by molar-refractivity contribution is 5.89. The van der Waals surface area contributed by atoms with Gasteiger partial charge in [0.25, 0.3) is 5.91 Å². The fourth-order valence-electron chi connectivity index (χ4n) is 2.07. The standard InChI is InChI=1S/C13H15N3O/c1-8-4-9(6-13(17)16-15)5-10-7-11(14)2-3-12(8)10/h2-4,6-7H,5,14-15H2,1H3,(H,16,17)/b9-6+. The van der Waals surface area contributed by atoms with Gasteiger partial charge in [-0.1, -0.05) is 12.1 Å². The normalized spacial score (nSPS) is 16.4. The minimum absolute atomic E-state index is 0.295. The van der Waals surface area contributed by atoms with E-state index in [0.717, 1.165) is 22.4 Å². The average Bonchev–Trinajstić information content (AvgIpc) is 2.28. The maximum Gasteiger partial charge on any atom is 0.258 e. The van der Waals surface area contributed by atoms with Crippen LogP contribution in [0.15, 0.2) is 35.9 Å². The lowest BCUT2D eigenvalue weighted by atomic mass is 9.88. The molecule has 0 saturated heterocycles. The minimum atomic E-state index is -0.295. The smallest absolute Gasteiger partial charge is 0.258 e. The van der Waals surface area contributed by atoms with Crippen LogP contribution in [0.3, 0.4) is 0 Å². The number of carbonyl (C=O) groups excluding carboxylic acids is 1. The molecule has 4 heteroatoms. The number of hydrogen-bond acceptors (Lipinski definition) is 3. The molecule has 1 aliphatic carbocycles. The van der Waals surface area contributed by atoms with Crippen LogP contribution in [-0.2, 0) is 11.2 Å². The predicted molar refractivity (Wildman–Crippen MR) is 68.6 cm³/mol. The van der Waals surface area contributed by atoms with Crippen LogP contribution in [0.4, 0.5) is 5.69 Å². The van der Waals surface area contributed by atoms with Gasteiger partial charge in [0.2, 0.25) is 0 Å². The maximum atomic E-state index is 11.2. The molecular formula is C13H15N3O. The molecule has 0 aromatic heterocycles. The Balaban J connectivity index is 2.40. The topological polar surface area (TPSA) is 81.1 Å². The van der Waals surface area contributed by atoms with E-state index in [9.17, 15) is 4.79 Å². The molecule has 0 atom stereocenters. The molecule has 88 valence electrons. The van der Waals surface area contributed by atoms with E-state index in [4.69, 9.17) is 11.6 Å². The Morgan fingerprint density at radius 2 is 2.24 bits per heavy atom. The molecule has 2 rings (SSSR count). The zero-order valence-electron chi connectivity index (χ0n) is 9.66. The van der Waals surface area contributed by atoms with Gasteiger partial charge in [-0.2, -0.15) is 0 Å². The lowest BCUT2D eigenvalue weighted by Gasteiger charge is -2.17. The summed E-state index contributed by atoms with van der Waals surface area (Å²) in [5, 5.41) is 0. The number of rotatable bonds is 1. The summed E-state index contributed by atoms with van der Waals surface area (Å²) in [6, 6.07) is 5.84. The van der Waals surface area contributed by atoms with Crippen molar-refractivity contribution in [2.75, 3.05) is 5.73 Å². The molecule has 1 aromatic carbocycles. The molecule has 0 aliphatic heterocycles. The van der Waals surface area contributed by atoms with Crippen molar-refractivity contribution >= 4 is 17.2 Å². The SMILES string of the molecule is CC1=C/C(=C\C(=O)NN)Cc2cc(N)ccc21. The number of benzene rings is 1. The Kier molecular flexibility index (Phi) is 2.97. The second-order valence-electron chi connectivity index (χ2n) is 4.15. The molecule has 0 radical (unpaired) electrons. The fourth-order valence-corrected chi connectivity index (χ4v) is 2.07. The molecule has 0 bridgehead atoms. The number of carbonyl (C=O) groups is 1. The van der Waals surface area contributed by atoms with Gasteiger partial charge in [-0.05, 0) is 47.8 Å². The zero-order valence-corrected chi connectivity index (χ0v) is 9.66. The minimum Gasteiger partial charge on any atom is -0.399 e. The lowest BCUT2D eigenvalue weighted by Crippen LogP contribution is -2.28. The van der Waals surface area contributed by atoms with Crippen molar-refractivity contribution in [1.82, 2.24) is 5.43 Å². The molecular weight excluding hydrogens is 214 g/mol. The molecule has 1 amide bonds. The van der Waals surface area contributed by atoms with Gasteiger partial charge in [0.05, 0.1) is 0 Å². The third-order valence-electron chi connectivity index (χ3n) is 2.81. The van der Waals surface area contributed by atoms with Crippen LogP contribution in [0.25, 0.3) is 5.57 Å². The Morgan fingerprint density at radius 1 is 1.47 bits per heavy atom. The molecule has 0 saturated carbocycles. The first kappa shape index (κ1) is 11.4. The van der Waals surface area contributed by atoms with E-state index >= 15 is 0 Å². The van der Waals surface area contributed by atoms with Gasteiger partial charge in [0, 0.05) is 11.8 Å². The molecule has 0 spiro atoms. The summed E-state index contributed by atoms with van der Waals surface area (Å²) in [4.78, 5) is 11.2. The summed E-state index contributed by atoms with van der Waals surface area (Å²) in [5.74, 6) is 4.76. The lowest BCUT2D eigenvalue weighted by molar-refractivity contribution is -0.116. The summed E-state index contributed by atoms with van der Waals surface area (Å²) in [7, 11) is 0. The van der Waals surface area contributed by atoms with Crippen molar-refractivity contribution in [2.24, 2.45) is 5.84 Å². The second kappa shape index (κ2) is 4.43. The Hall–Kier alpha value is -2.07. The van der Waals surface area contributed by atoms with E-state index in [1.165, 1.54) is 11.6 Å². The van der Waals surface area contributed by atoms with Gasteiger partial charge in [0.1, 0.15) is 0 Å². The third-order valence-corrected chi connectivity index (χ3v) is 2.81. The summed E-state index contributed by atoms with van der Waals surface area (Å²) in [6.45, 7) is 2.02. The van der Waals surface area contributed by atoms with Crippen molar-refractivity contribution in [2.45, 2.75) is 13.3 Å². The highest BCUT2D eigenvalue weighted by Gasteiger charge is 2.13. The second-order valence-corrected chi connectivity index (χ2v) is 4.15. The van der Waals surface area contributed by atoms with Crippen LogP contribution < -0.4 is 17.0 Å². The average molecular weight is 229 g/mol. The highest BCUT2D eigenvalue weighted by atomic mass is 16.2. The summed E-state index contributed by atoms with van der Waals surface area (Å²) < 4.78 is 0. The van der Waals surface area contributed by atoms with Crippen molar-refractivity contribution in [3.05, 3.63) is 47.1 Å². The summed E-state index contributed by atoms with van der Waals surface area (Å²) >= 11 is 0. The van der Waals surface area contributed by atoms with Gasteiger partial charge in [-0.25, -0.2) is 5.84 Å². The number of amides is 1. The monoisotopic (exact) mass is 229 g/mol. The fraction of sp³-hybridized carbons (Fsp3) is 0.154. The molecule has 0 heterocycles. The van der Waals surface area contributed by atoms with Crippen LogP contribution in [0.1, 0.15) is 18.1 Å². The van der Waals surface area contributed by atoms with E-state index in [1.54, 1.807) is 0 Å². The van der Waals surface area contributed by atoms with E-state index in [1.807, 2.05) is 31.2 Å². The van der Waals surface area contributed by atoms with Crippen LogP contribution in [0.2, 0.25) is 0 Å². The molecule has 17 heavy (non-hydrogen) atoms. The highest BCUT2D eigenvalue weighted by Crippen LogP contribution is 2.29. The number of anilines is 1.